The van der Waals surface area contributed by atoms with Gasteiger partial charge in [-0.2, -0.15) is 0 Å². The highest BCUT2D eigenvalue weighted by Crippen LogP contribution is 2.59. The van der Waals surface area contributed by atoms with Gasteiger partial charge in [0.05, 0.1) is 0 Å². The Morgan fingerprint density at radius 2 is 1.71 bits per heavy atom. The molecule has 1 aromatic rings. The molecule has 3 nitrogen and oxygen atoms in total. The van der Waals surface area contributed by atoms with E-state index in [1.165, 1.54) is 44.6 Å². The summed E-state index contributed by atoms with van der Waals surface area (Å²) in [6.45, 7) is 0. The van der Waals surface area contributed by atoms with Gasteiger partial charge in [0, 0.05) is 17.7 Å². The lowest BCUT2D eigenvalue weighted by Crippen LogP contribution is -2.49. The van der Waals surface area contributed by atoms with E-state index in [2.05, 4.69) is 9.97 Å². The predicted molar refractivity (Wildman–Crippen MR) is 64.7 cm³/mol. The summed E-state index contributed by atoms with van der Waals surface area (Å²) in [6.07, 6.45) is 9.72. The number of rotatable bonds is 1. The van der Waals surface area contributed by atoms with Crippen LogP contribution in [0.25, 0.3) is 0 Å². The first-order valence-corrected chi connectivity index (χ1v) is 6.79. The molecule has 0 amide bonds. The SMILES string of the molecule is O=c1ccnc(C23CC4CC(CC(C4)C2)C3)[nH]1. The van der Waals surface area contributed by atoms with Crippen molar-refractivity contribution in [2.45, 2.75) is 43.9 Å². The zero-order chi connectivity index (χ0) is 11.5. The van der Waals surface area contributed by atoms with E-state index in [1.807, 2.05) is 0 Å². The van der Waals surface area contributed by atoms with Crippen molar-refractivity contribution >= 4 is 0 Å². The second kappa shape index (κ2) is 3.21. The summed E-state index contributed by atoms with van der Waals surface area (Å²) in [6, 6.07) is 1.52. The molecule has 1 N–H and O–H groups in total. The Kier molecular flexibility index (Phi) is 1.86. The molecule has 4 bridgehead atoms. The van der Waals surface area contributed by atoms with Gasteiger partial charge in [-0.1, -0.05) is 0 Å². The summed E-state index contributed by atoms with van der Waals surface area (Å²) in [5, 5.41) is 0. The zero-order valence-electron chi connectivity index (χ0n) is 9.98. The van der Waals surface area contributed by atoms with Gasteiger partial charge in [-0.15, -0.1) is 0 Å². The molecule has 4 fully saturated rings. The van der Waals surface area contributed by atoms with Crippen LogP contribution >= 0.6 is 0 Å². The predicted octanol–water partition coefficient (Wildman–Crippen LogP) is 2.24. The lowest BCUT2D eigenvalue weighted by molar-refractivity contribution is -0.00951. The van der Waals surface area contributed by atoms with E-state index >= 15 is 0 Å². The van der Waals surface area contributed by atoms with Gasteiger partial charge < -0.3 is 4.98 Å². The maximum absolute atomic E-state index is 11.5. The number of nitrogens with zero attached hydrogens (tertiary/aromatic N) is 1. The maximum Gasteiger partial charge on any atom is 0.250 e. The van der Waals surface area contributed by atoms with Crippen LogP contribution < -0.4 is 5.56 Å². The lowest BCUT2D eigenvalue weighted by Gasteiger charge is -2.56. The first-order chi connectivity index (χ1) is 8.23. The van der Waals surface area contributed by atoms with Gasteiger partial charge in [-0.3, -0.25) is 4.79 Å². The molecule has 1 aromatic heterocycles. The molecule has 17 heavy (non-hydrogen) atoms. The van der Waals surface area contributed by atoms with Crippen molar-refractivity contribution in [3.05, 3.63) is 28.4 Å². The average molecular weight is 230 g/mol. The third-order valence-corrected chi connectivity index (χ3v) is 5.21. The molecule has 4 aliphatic carbocycles. The van der Waals surface area contributed by atoms with E-state index in [9.17, 15) is 4.79 Å². The van der Waals surface area contributed by atoms with Gasteiger partial charge >= 0.3 is 0 Å². The van der Waals surface area contributed by atoms with Crippen LogP contribution in [0, 0.1) is 17.8 Å². The van der Waals surface area contributed by atoms with Crippen molar-refractivity contribution in [1.82, 2.24) is 9.97 Å². The molecule has 0 aliphatic heterocycles. The molecule has 0 aromatic carbocycles. The number of hydrogen-bond acceptors (Lipinski definition) is 2. The highest BCUT2D eigenvalue weighted by molar-refractivity contribution is 5.16. The molecule has 4 saturated carbocycles. The van der Waals surface area contributed by atoms with Crippen molar-refractivity contribution in [2.24, 2.45) is 17.8 Å². The third-order valence-electron chi connectivity index (χ3n) is 5.21. The van der Waals surface area contributed by atoms with Crippen LogP contribution in [0.5, 0.6) is 0 Å². The number of aromatic nitrogens is 2. The van der Waals surface area contributed by atoms with E-state index in [4.69, 9.17) is 0 Å². The van der Waals surface area contributed by atoms with Gasteiger partial charge in [0.1, 0.15) is 5.82 Å². The zero-order valence-corrected chi connectivity index (χ0v) is 9.98. The van der Waals surface area contributed by atoms with Crippen LogP contribution in [0.3, 0.4) is 0 Å². The van der Waals surface area contributed by atoms with E-state index in [0.29, 0.717) is 0 Å². The maximum atomic E-state index is 11.5. The summed E-state index contributed by atoms with van der Waals surface area (Å²) in [4.78, 5) is 19.0. The molecule has 1 heterocycles. The molecule has 0 atom stereocenters. The molecule has 0 radical (unpaired) electrons. The average Bonchev–Trinajstić information content (AvgIpc) is 2.27. The van der Waals surface area contributed by atoms with Gasteiger partial charge in [0.25, 0.3) is 5.56 Å². The molecule has 5 rings (SSSR count). The first kappa shape index (κ1) is 9.86. The fourth-order valence-corrected chi connectivity index (χ4v) is 5.04. The highest BCUT2D eigenvalue weighted by Gasteiger charge is 2.52. The highest BCUT2D eigenvalue weighted by atomic mass is 16.1. The Morgan fingerprint density at radius 1 is 1.12 bits per heavy atom. The quantitative estimate of drug-likeness (QED) is 0.804. The molecule has 3 heteroatoms. The van der Waals surface area contributed by atoms with Gasteiger partial charge in [-0.25, -0.2) is 4.98 Å². The van der Waals surface area contributed by atoms with Crippen molar-refractivity contribution in [1.29, 1.82) is 0 Å². The summed E-state index contributed by atoms with van der Waals surface area (Å²) in [5.41, 5.74) is 0.223. The number of aromatic amines is 1. The monoisotopic (exact) mass is 230 g/mol. The molecule has 4 aliphatic rings. The van der Waals surface area contributed by atoms with E-state index in [-0.39, 0.29) is 11.0 Å². The fraction of sp³-hybridized carbons (Fsp3) is 0.714. The van der Waals surface area contributed by atoms with Crippen molar-refractivity contribution in [2.75, 3.05) is 0 Å². The summed E-state index contributed by atoms with van der Waals surface area (Å²) in [5.74, 6) is 3.66. The molecule has 0 spiro atoms. The van der Waals surface area contributed by atoms with Crippen molar-refractivity contribution < 1.29 is 0 Å². The third kappa shape index (κ3) is 1.41. The number of H-pyrrole nitrogens is 1. The second-order valence-electron chi connectivity index (χ2n) is 6.48. The van der Waals surface area contributed by atoms with Crippen LogP contribution in [0.4, 0.5) is 0 Å². The smallest absolute Gasteiger partial charge is 0.250 e. The number of hydrogen-bond donors (Lipinski definition) is 1. The Labute approximate surface area is 101 Å². The minimum Gasteiger partial charge on any atom is -0.310 e. The molecule has 0 saturated heterocycles. The first-order valence-electron chi connectivity index (χ1n) is 6.79. The van der Waals surface area contributed by atoms with Crippen molar-refractivity contribution in [3.63, 3.8) is 0 Å². The van der Waals surface area contributed by atoms with Gasteiger partial charge in [0.2, 0.25) is 0 Å². The van der Waals surface area contributed by atoms with Gasteiger partial charge in [0.15, 0.2) is 0 Å². The van der Waals surface area contributed by atoms with Gasteiger partial charge in [-0.05, 0) is 56.3 Å². The van der Waals surface area contributed by atoms with E-state index in [1.54, 1.807) is 6.20 Å². The largest absolute Gasteiger partial charge is 0.310 e. The Balaban J connectivity index is 1.79. The minimum atomic E-state index is 0.00532. The van der Waals surface area contributed by atoms with E-state index < -0.39 is 0 Å². The minimum absolute atomic E-state index is 0.00532. The topological polar surface area (TPSA) is 45.8 Å². The molecular formula is C14H18N2O. The van der Waals surface area contributed by atoms with Crippen LogP contribution in [-0.2, 0) is 5.41 Å². The summed E-state index contributed by atoms with van der Waals surface area (Å²) >= 11 is 0. The van der Waals surface area contributed by atoms with Crippen LogP contribution in [-0.4, -0.2) is 9.97 Å². The van der Waals surface area contributed by atoms with Crippen LogP contribution in [0.1, 0.15) is 44.3 Å². The normalized spacial score (nSPS) is 42.9. The fourth-order valence-electron chi connectivity index (χ4n) is 5.04. The second-order valence-corrected chi connectivity index (χ2v) is 6.48. The van der Waals surface area contributed by atoms with E-state index in [0.717, 1.165) is 23.6 Å². The summed E-state index contributed by atoms with van der Waals surface area (Å²) < 4.78 is 0. The molecule has 0 unspecified atom stereocenters. The Bertz CT molecular complexity index is 470. The standard InChI is InChI=1S/C14H18N2O/c17-12-1-2-15-13(16-12)14-6-9-3-10(7-14)5-11(4-9)8-14/h1-2,9-11H,3-8H2,(H,15,16,17). The Hall–Kier alpha value is -1.12. The van der Waals surface area contributed by atoms with Crippen LogP contribution in [0.15, 0.2) is 17.1 Å². The van der Waals surface area contributed by atoms with Crippen molar-refractivity contribution in [3.8, 4) is 0 Å². The van der Waals surface area contributed by atoms with Crippen LogP contribution in [0.2, 0.25) is 0 Å². The lowest BCUT2D eigenvalue weighted by atomic mass is 9.49. The summed E-state index contributed by atoms with van der Waals surface area (Å²) in [7, 11) is 0. The molecule has 90 valence electrons. The molecular weight excluding hydrogens is 212 g/mol. The number of nitrogens with one attached hydrogen (secondary N) is 1. The Morgan fingerprint density at radius 3 is 2.24 bits per heavy atom.